The Morgan fingerprint density at radius 2 is 1.89 bits per heavy atom. The Morgan fingerprint density at radius 3 is 2.44 bits per heavy atom. The number of thioether (sulfide) groups is 1. The topological polar surface area (TPSA) is 20.2 Å². The van der Waals surface area contributed by atoms with Crippen LogP contribution in [0.15, 0.2) is 24.3 Å². The molecular weight excluding hydrogens is 261 g/mol. The van der Waals surface area contributed by atoms with Crippen LogP contribution in [0.25, 0.3) is 0 Å². The number of benzene rings is 1. The van der Waals surface area contributed by atoms with Crippen molar-refractivity contribution in [1.29, 1.82) is 0 Å². The Kier molecular flexibility index (Phi) is 5.53. The molecule has 2 unspecified atom stereocenters. The lowest BCUT2D eigenvalue weighted by atomic mass is 10.0. The summed E-state index contributed by atoms with van der Waals surface area (Å²) in [5, 5.41) is 10.2. The van der Waals surface area contributed by atoms with Crippen molar-refractivity contribution >= 4 is 11.8 Å². The second-order valence-corrected chi connectivity index (χ2v) is 5.62. The minimum atomic E-state index is -4.42. The molecule has 5 heteroatoms. The normalized spacial score (nSPS) is 15.4. The third-order valence-corrected chi connectivity index (χ3v) is 4.15. The monoisotopic (exact) mass is 278 g/mol. The Balaban J connectivity index is 2.82. The molecule has 0 aliphatic carbocycles. The van der Waals surface area contributed by atoms with Gasteiger partial charge in [-0.05, 0) is 18.1 Å². The van der Waals surface area contributed by atoms with Gasteiger partial charge in [-0.3, -0.25) is 0 Å². The van der Waals surface area contributed by atoms with Gasteiger partial charge in [0.2, 0.25) is 0 Å². The highest BCUT2D eigenvalue weighted by Gasteiger charge is 2.34. The predicted octanol–water partition coefficient (Wildman–Crippen LogP) is 4.27. The minimum absolute atomic E-state index is 0.0409. The molecule has 1 aromatic rings. The molecule has 0 fully saturated rings. The number of aliphatic hydroxyl groups is 1. The summed E-state index contributed by atoms with van der Waals surface area (Å²) in [7, 11) is 0. The lowest BCUT2D eigenvalue weighted by molar-refractivity contribution is -0.139. The van der Waals surface area contributed by atoms with Crippen molar-refractivity contribution in [1.82, 2.24) is 0 Å². The summed E-state index contributed by atoms with van der Waals surface area (Å²) >= 11 is 1.48. The second-order valence-electron chi connectivity index (χ2n) is 4.15. The summed E-state index contributed by atoms with van der Waals surface area (Å²) < 4.78 is 38.3. The van der Waals surface area contributed by atoms with Crippen LogP contribution in [0, 0.1) is 0 Å². The van der Waals surface area contributed by atoms with Crippen LogP contribution in [0.2, 0.25) is 0 Å². The van der Waals surface area contributed by atoms with E-state index < -0.39 is 17.8 Å². The largest absolute Gasteiger partial charge is 0.416 e. The molecule has 0 aromatic heterocycles. The van der Waals surface area contributed by atoms with Gasteiger partial charge in [0.05, 0.1) is 11.7 Å². The number of hydrogen-bond acceptors (Lipinski definition) is 2. The van der Waals surface area contributed by atoms with Gasteiger partial charge in [-0.2, -0.15) is 24.9 Å². The van der Waals surface area contributed by atoms with E-state index in [1.54, 1.807) is 0 Å². The van der Waals surface area contributed by atoms with E-state index in [-0.39, 0.29) is 11.3 Å². The minimum Gasteiger partial charge on any atom is -0.388 e. The SMILES string of the molecule is CCC(C)SCC(O)c1ccccc1C(F)(F)F. The lowest BCUT2D eigenvalue weighted by Gasteiger charge is -2.18. The summed E-state index contributed by atoms with van der Waals surface area (Å²) in [6.07, 6.45) is -4.57. The average Bonchev–Trinajstić information content (AvgIpc) is 2.34. The van der Waals surface area contributed by atoms with Crippen molar-refractivity contribution in [3.8, 4) is 0 Å². The fraction of sp³-hybridized carbons (Fsp3) is 0.538. The van der Waals surface area contributed by atoms with Gasteiger partial charge in [0.1, 0.15) is 0 Å². The van der Waals surface area contributed by atoms with Gasteiger partial charge in [-0.1, -0.05) is 32.0 Å². The van der Waals surface area contributed by atoms with Crippen molar-refractivity contribution < 1.29 is 18.3 Å². The summed E-state index contributed by atoms with van der Waals surface area (Å²) in [4.78, 5) is 0. The van der Waals surface area contributed by atoms with Crippen molar-refractivity contribution in [3.63, 3.8) is 0 Å². The Morgan fingerprint density at radius 1 is 1.28 bits per heavy atom. The zero-order valence-electron chi connectivity index (χ0n) is 10.4. The molecule has 18 heavy (non-hydrogen) atoms. The molecule has 0 aliphatic rings. The molecule has 0 amide bonds. The number of rotatable bonds is 5. The molecule has 2 atom stereocenters. The van der Waals surface area contributed by atoms with E-state index in [4.69, 9.17) is 0 Å². The highest BCUT2D eigenvalue weighted by molar-refractivity contribution is 7.99. The van der Waals surface area contributed by atoms with Crippen molar-refractivity contribution in [2.75, 3.05) is 5.75 Å². The van der Waals surface area contributed by atoms with Crippen LogP contribution in [0.3, 0.4) is 0 Å². The van der Waals surface area contributed by atoms with E-state index in [0.29, 0.717) is 5.25 Å². The van der Waals surface area contributed by atoms with Crippen molar-refractivity contribution in [2.45, 2.75) is 37.8 Å². The van der Waals surface area contributed by atoms with Gasteiger partial charge in [-0.25, -0.2) is 0 Å². The number of alkyl halides is 3. The van der Waals surface area contributed by atoms with Crippen LogP contribution in [0.1, 0.15) is 37.5 Å². The maximum Gasteiger partial charge on any atom is 0.416 e. The molecule has 1 nitrogen and oxygen atoms in total. The molecule has 0 radical (unpaired) electrons. The van der Waals surface area contributed by atoms with E-state index >= 15 is 0 Å². The zero-order valence-corrected chi connectivity index (χ0v) is 11.2. The van der Waals surface area contributed by atoms with E-state index in [1.165, 1.54) is 30.0 Å². The molecule has 1 aromatic carbocycles. The third-order valence-electron chi connectivity index (χ3n) is 2.74. The maximum atomic E-state index is 12.8. The van der Waals surface area contributed by atoms with Crippen molar-refractivity contribution in [3.05, 3.63) is 35.4 Å². The van der Waals surface area contributed by atoms with Gasteiger partial charge in [0.15, 0.2) is 0 Å². The maximum absolute atomic E-state index is 12.8. The molecule has 0 saturated carbocycles. The predicted molar refractivity (Wildman–Crippen MR) is 68.6 cm³/mol. The Hall–Kier alpha value is -0.680. The Labute approximate surface area is 109 Å². The number of hydrogen-bond donors (Lipinski definition) is 1. The van der Waals surface area contributed by atoms with E-state index in [0.717, 1.165) is 12.5 Å². The van der Waals surface area contributed by atoms with Crippen LogP contribution < -0.4 is 0 Å². The van der Waals surface area contributed by atoms with Gasteiger partial charge in [0.25, 0.3) is 0 Å². The van der Waals surface area contributed by atoms with Gasteiger partial charge < -0.3 is 5.11 Å². The molecular formula is C13H17F3OS. The first-order valence-electron chi connectivity index (χ1n) is 5.82. The fourth-order valence-corrected chi connectivity index (χ4v) is 2.43. The van der Waals surface area contributed by atoms with E-state index in [9.17, 15) is 18.3 Å². The summed E-state index contributed by atoms with van der Waals surface area (Å²) in [5.74, 6) is 0.280. The van der Waals surface area contributed by atoms with Crippen LogP contribution in [-0.2, 0) is 6.18 Å². The van der Waals surface area contributed by atoms with Gasteiger partial charge in [-0.15, -0.1) is 0 Å². The molecule has 0 heterocycles. The van der Waals surface area contributed by atoms with E-state index in [2.05, 4.69) is 0 Å². The van der Waals surface area contributed by atoms with Gasteiger partial charge >= 0.3 is 6.18 Å². The third kappa shape index (κ3) is 4.21. The quantitative estimate of drug-likeness (QED) is 0.868. The van der Waals surface area contributed by atoms with Crippen LogP contribution in [-0.4, -0.2) is 16.1 Å². The van der Waals surface area contributed by atoms with Crippen molar-refractivity contribution in [2.24, 2.45) is 0 Å². The standard InChI is InChI=1S/C13H17F3OS/c1-3-9(2)18-8-12(17)10-6-4-5-7-11(10)13(14,15)16/h4-7,9,12,17H,3,8H2,1-2H3. The smallest absolute Gasteiger partial charge is 0.388 e. The van der Waals surface area contributed by atoms with E-state index in [1.807, 2.05) is 13.8 Å². The summed E-state index contributed by atoms with van der Waals surface area (Å²) in [6, 6.07) is 5.19. The Bertz CT molecular complexity index is 379. The first-order valence-corrected chi connectivity index (χ1v) is 6.87. The highest BCUT2D eigenvalue weighted by atomic mass is 32.2. The molecule has 0 saturated heterocycles. The zero-order chi connectivity index (χ0) is 13.8. The molecule has 1 rings (SSSR count). The lowest BCUT2D eigenvalue weighted by Crippen LogP contribution is -2.13. The second kappa shape index (κ2) is 6.48. The fourth-order valence-electron chi connectivity index (χ4n) is 1.51. The summed E-state index contributed by atoms with van der Waals surface area (Å²) in [6.45, 7) is 4.00. The molecule has 102 valence electrons. The average molecular weight is 278 g/mol. The highest BCUT2D eigenvalue weighted by Crippen LogP contribution is 2.35. The van der Waals surface area contributed by atoms with Crippen LogP contribution in [0.5, 0.6) is 0 Å². The van der Waals surface area contributed by atoms with Gasteiger partial charge in [0, 0.05) is 11.0 Å². The first kappa shape index (κ1) is 15.4. The molecule has 0 aliphatic heterocycles. The number of halogens is 3. The summed E-state index contributed by atoms with van der Waals surface area (Å²) in [5.41, 5.74) is -0.789. The molecule has 0 spiro atoms. The first-order chi connectivity index (χ1) is 8.36. The number of aliphatic hydroxyl groups excluding tert-OH is 1. The van der Waals surface area contributed by atoms with Crippen LogP contribution in [0.4, 0.5) is 13.2 Å². The molecule has 0 bridgehead atoms. The molecule has 1 N–H and O–H groups in total. The van der Waals surface area contributed by atoms with Crippen LogP contribution >= 0.6 is 11.8 Å².